The topological polar surface area (TPSA) is 38.9 Å². The first kappa shape index (κ1) is 10.6. The summed E-state index contributed by atoms with van der Waals surface area (Å²) in [6.07, 6.45) is 2.40. The van der Waals surface area contributed by atoms with E-state index in [0.29, 0.717) is 12.2 Å². The van der Waals surface area contributed by atoms with Crippen LogP contribution in [0.2, 0.25) is 0 Å². The van der Waals surface area contributed by atoms with Crippen molar-refractivity contribution in [1.29, 1.82) is 0 Å². The van der Waals surface area contributed by atoms with Crippen molar-refractivity contribution >= 4 is 5.82 Å². The normalized spacial score (nSPS) is 10.4. The van der Waals surface area contributed by atoms with Crippen LogP contribution in [0.5, 0.6) is 0 Å². The molecule has 0 aliphatic heterocycles. The van der Waals surface area contributed by atoms with Gasteiger partial charge in [-0.1, -0.05) is 18.2 Å². The van der Waals surface area contributed by atoms with Crippen LogP contribution >= 0.6 is 0 Å². The standard InChI is InChI=1S/C13H13FN2/c1-9-5-11(8-16-13(9)15)6-10-3-2-4-12(14)7-10/h2-5,7-8H,6H2,1H3,(H2,15,16). The van der Waals surface area contributed by atoms with E-state index in [4.69, 9.17) is 5.73 Å². The molecule has 1 heterocycles. The maximum Gasteiger partial charge on any atom is 0.126 e. The Labute approximate surface area is 93.9 Å². The van der Waals surface area contributed by atoms with Crippen LogP contribution in [0.25, 0.3) is 0 Å². The first-order valence-electron chi connectivity index (χ1n) is 5.10. The third-order valence-corrected chi connectivity index (χ3v) is 2.47. The highest BCUT2D eigenvalue weighted by atomic mass is 19.1. The number of aromatic nitrogens is 1. The molecule has 1 aromatic carbocycles. The Morgan fingerprint density at radius 1 is 1.25 bits per heavy atom. The molecule has 0 atom stereocenters. The van der Waals surface area contributed by atoms with Crippen molar-refractivity contribution in [2.24, 2.45) is 0 Å². The Morgan fingerprint density at radius 2 is 2.06 bits per heavy atom. The van der Waals surface area contributed by atoms with E-state index in [1.165, 1.54) is 12.1 Å². The molecule has 0 aliphatic carbocycles. The second-order valence-corrected chi connectivity index (χ2v) is 3.85. The lowest BCUT2D eigenvalue weighted by Gasteiger charge is -2.04. The fraction of sp³-hybridized carbons (Fsp3) is 0.154. The van der Waals surface area contributed by atoms with Gasteiger partial charge in [-0.15, -0.1) is 0 Å². The van der Waals surface area contributed by atoms with Crippen LogP contribution in [0.15, 0.2) is 36.5 Å². The van der Waals surface area contributed by atoms with Gasteiger partial charge in [0.2, 0.25) is 0 Å². The van der Waals surface area contributed by atoms with E-state index in [2.05, 4.69) is 4.98 Å². The van der Waals surface area contributed by atoms with Gasteiger partial charge < -0.3 is 5.73 Å². The van der Waals surface area contributed by atoms with Gasteiger partial charge in [0.15, 0.2) is 0 Å². The Bertz CT molecular complexity index is 509. The van der Waals surface area contributed by atoms with Crippen LogP contribution in [0.4, 0.5) is 10.2 Å². The lowest BCUT2D eigenvalue weighted by Crippen LogP contribution is -1.97. The van der Waals surface area contributed by atoms with Crippen LogP contribution in [-0.2, 0) is 6.42 Å². The summed E-state index contributed by atoms with van der Waals surface area (Å²) in [7, 11) is 0. The summed E-state index contributed by atoms with van der Waals surface area (Å²) in [6.45, 7) is 1.91. The van der Waals surface area contributed by atoms with Crippen molar-refractivity contribution in [2.45, 2.75) is 13.3 Å². The predicted molar refractivity (Wildman–Crippen MR) is 62.6 cm³/mol. The molecule has 2 nitrogen and oxygen atoms in total. The Balaban J connectivity index is 2.24. The maximum atomic E-state index is 13.0. The van der Waals surface area contributed by atoms with Crippen molar-refractivity contribution < 1.29 is 4.39 Å². The fourth-order valence-corrected chi connectivity index (χ4v) is 1.62. The number of hydrogen-bond acceptors (Lipinski definition) is 2. The zero-order valence-electron chi connectivity index (χ0n) is 9.07. The lowest BCUT2D eigenvalue weighted by atomic mass is 10.1. The largest absolute Gasteiger partial charge is 0.383 e. The molecular formula is C13H13FN2. The molecule has 0 unspecified atom stereocenters. The van der Waals surface area contributed by atoms with Gasteiger partial charge in [-0.05, 0) is 42.2 Å². The second kappa shape index (κ2) is 4.31. The van der Waals surface area contributed by atoms with E-state index in [1.54, 1.807) is 12.3 Å². The summed E-state index contributed by atoms with van der Waals surface area (Å²) in [5.41, 5.74) is 8.56. The number of halogens is 1. The number of nitrogen functional groups attached to an aromatic ring is 1. The average Bonchev–Trinajstić information content (AvgIpc) is 2.24. The molecule has 0 fully saturated rings. The number of anilines is 1. The molecule has 1 aromatic heterocycles. The monoisotopic (exact) mass is 216 g/mol. The van der Waals surface area contributed by atoms with Crippen LogP contribution in [0, 0.1) is 12.7 Å². The highest BCUT2D eigenvalue weighted by molar-refractivity contribution is 5.40. The van der Waals surface area contributed by atoms with Gasteiger partial charge in [0, 0.05) is 6.20 Å². The van der Waals surface area contributed by atoms with E-state index in [-0.39, 0.29) is 5.82 Å². The zero-order valence-corrected chi connectivity index (χ0v) is 9.07. The third kappa shape index (κ3) is 2.37. The summed E-state index contributed by atoms with van der Waals surface area (Å²) in [6, 6.07) is 8.56. The van der Waals surface area contributed by atoms with Crippen molar-refractivity contribution in [3.05, 3.63) is 59.0 Å². The van der Waals surface area contributed by atoms with Gasteiger partial charge in [-0.25, -0.2) is 9.37 Å². The molecule has 82 valence electrons. The molecule has 0 radical (unpaired) electrons. The number of rotatable bonds is 2. The number of aryl methyl sites for hydroxylation is 1. The van der Waals surface area contributed by atoms with E-state index >= 15 is 0 Å². The molecular weight excluding hydrogens is 203 g/mol. The molecule has 0 amide bonds. The lowest BCUT2D eigenvalue weighted by molar-refractivity contribution is 0.626. The Hall–Kier alpha value is -1.90. The van der Waals surface area contributed by atoms with Gasteiger partial charge >= 0.3 is 0 Å². The quantitative estimate of drug-likeness (QED) is 0.838. The highest BCUT2D eigenvalue weighted by Gasteiger charge is 2.01. The summed E-state index contributed by atoms with van der Waals surface area (Å²) >= 11 is 0. The van der Waals surface area contributed by atoms with E-state index in [0.717, 1.165) is 16.7 Å². The summed E-state index contributed by atoms with van der Waals surface area (Å²) in [5.74, 6) is 0.334. The minimum atomic E-state index is -0.211. The van der Waals surface area contributed by atoms with Crippen molar-refractivity contribution in [1.82, 2.24) is 4.98 Å². The molecule has 0 saturated heterocycles. The number of nitrogens with zero attached hydrogens (tertiary/aromatic N) is 1. The smallest absolute Gasteiger partial charge is 0.126 e. The zero-order chi connectivity index (χ0) is 11.5. The molecule has 2 aromatic rings. The second-order valence-electron chi connectivity index (χ2n) is 3.85. The summed E-state index contributed by atoms with van der Waals surface area (Å²) in [4.78, 5) is 4.08. The van der Waals surface area contributed by atoms with Gasteiger partial charge in [-0.2, -0.15) is 0 Å². The average molecular weight is 216 g/mol. The minimum Gasteiger partial charge on any atom is -0.383 e. The van der Waals surface area contributed by atoms with Crippen LogP contribution in [0.3, 0.4) is 0 Å². The first-order chi connectivity index (χ1) is 7.65. The van der Waals surface area contributed by atoms with Crippen LogP contribution in [-0.4, -0.2) is 4.98 Å². The summed E-state index contributed by atoms with van der Waals surface area (Å²) in [5, 5.41) is 0. The van der Waals surface area contributed by atoms with Gasteiger partial charge in [0.25, 0.3) is 0 Å². The molecule has 2 rings (SSSR count). The molecule has 0 saturated carbocycles. The van der Waals surface area contributed by atoms with E-state index < -0.39 is 0 Å². The number of benzene rings is 1. The van der Waals surface area contributed by atoms with Gasteiger partial charge in [0.05, 0.1) is 0 Å². The number of hydrogen-bond donors (Lipinski definition) is 1. The molecule has 16 heavy (non-hydrogen) atoms. The molecule has 0 spiro atoms. The predicted octanol–water partition coefficient (Wildman–Crippen LogP) is 2.70. The fourth-order valence-electron chi connectivity index (χ4n) is 1.62. The Morgan fingerprint density at radius 3 is 2.75 bits per heavy atom. The van der Waals surface area contributed by atoms with Gasteiger partial charge in [-0.3, -0.25) is 0 Å². The summed E-state index contributed by atoms with van der Waals surface area (Å²) < 4.78 is 13.0. The van der Waals surface area contributed by atoms with Crippen molar-refractivity contribution in [3.8, 4) is 0 Å². The maximum absolute atomic E-state index is 13.0. The molecule has 3 heteroatoms. The molecule has 0 bridgehead atoms. The van der Waals surface area contributed by atoms with E-state index in [9.17, 15) is 4.39 Å². The number of pyridine rings is 1. The third-order valence-electron chi connectivity index (χ3n) is 2.47. The van der Waals surface area contributed by atoms with Crippen LogP contribution in [0.1, 0.15) is 16.7 Å². The molecule has 0 aliphatic rings. The minimum absolute atomic E-state index is 0.211. The van der Waals surface area contributed by atoms with E-state index in [1.807, 2.05) is 19.1 Å². The van der Waals surface area contributed by atoms with Crippen molar-refractivity contribution in [2.75, 3.05) is 5.73 Å². The SMILES string of the molecule is Cc1cc(Cc2cccc(F)c2)cnc1N. The molecule has 2 N–H and O–H groups in total. The van der Waals surface area contributed by atoms with Crippen LogP contribution < -0.4 is 5.73 Å². The van der Waals surface area contributed by atoms with Gasteiger partial charge in [0.1, 0.15) is 11.6 Å². The Kier molecular flexibility index (Phi) is 2.86. The highest BCUT2D eigenvalue weighted by Crippen LogP contribution is 2.14. The number of nitrogens with two attached hydrogens (primary N) is 1. The first-order valence-corrected chi connectivity index (χ1v) is 5.10. The van der Waals surface area contributed by atoms with Crippen molar-refractivity contribution in [3.63, 3.8) is 0 Å².